The van der Waals surface area contributed by atoms with Gasteiger partial charge in [0.15, 0.2) is 0 Å². The molecule has 0 bridgehead atoms. The summed E-state index contributed by atoms with van der Waals surface area (Å²) in [6, 6.07) is 25.0. The molecule has 3 nitrogen and oxygen atoms in total. The van der Waals surface area contributed by atoms with Crippen LogP contribution in [0.25, 0.3) is 0 Å². The van der Waals surface area contributed by atoms with E-state index in [4.69, 9.17) is 11.6 Å². The van der Waals surface area contributed by atoms with Crippen molar-refractivity contribution in [3.05, 3.63) is 83.9 Å². The summed E-state index contributed by atoms with van der Waals surface area (Å²) in [6.07, 6.45) is 0. The monoisotopic (exact) mass is 323 g/mol. The van der Waals surface area contributed by atoms with Gasteiger partial charge >= 0.3 is 7.12 Å². The predicted molar refractivity (Wildman–Crippen MR) is 96.0 cm³/mol. The number of rotatable bonds is 4. The molecule has 3 aromatic carbocycles. The largest absolute Gasteiger partial charge is 0.489 e. The molecule has 0 aromatic heterocycles. The Hall–Kier alpha value is -2.27. The summed E-state index contributed by atoms with van der Waals surface area (Å²) in [4.78, 5) is 2.05. The molecule has 5 heteroatoms. The zero-order chi connectivity index (χ0) is 16.2. The summed E-state index contributed by atoms with van der Waals surface area (Å²) in [5, 5.41) is 19.0. The Morgan fingerprint density at radius 2 is 1.22 bits per heavy atom. The third-order valence-corrected chi connectivity index (χ3v) is 3.88. The summed E-state index contributed by atoms with van der Waals surface area (Å²) in [5.41, 5.74) is 3.12. The normalized spacial score (nSPS) is 10.4. The molecule has 0 saturated heterocycles. The van der Waals surface area contributed by atoms with Crippen LogP contribution in [0.1, 0.15) is 0 Å². The van der Waals surface area contributed by atoms with Gasteiger partial charge in [0.1, 0.15) is 0 Å². The van der Waals surface area contributed by atoms with Gasteiger partial charge in [-0.25, -0.2) is 0 Å². The van der Waals surface area contributed by atoms with Crippen molar-refractivity contribution >= 4 is 41.2 Å². The summed E-state index contributed by atoms with van der Waals surface area (Å²) in [5.74, 6) is 0. The number of hydrogen-bond acceptors (Lipinski definition) is 3. The Bertz CT molecular complexity index is 742. The zero-order valence-electron chi connectivity index (χ0n) is 12.3. The lowest BCUT2D eigenvalue weighted by Crippen LogP contribution is -2.30. The van der Waals surface area contributed by atoms with Crippen LogP contribution in [0.2, 0.25) is 5.02 Å². The van der Waals surface area contributed by atoms with E-state index in [1.165, 1.54) is 0 Å². The molecule has 2 N–H and O–H groups in total. The van der Waals surface area contributed by atoms with E-state index in [0.717, 1.165) is 17.1 Å². The molecule has 23 heavy (non-hydrogen) atoms. The molecular formula is C18H15BClNO2. The van der Waals surface area contributed by atoms with Crippen LogP contribution in [0, 0.1) is 0 Å². The first-order valence-electron chi connectivity index (χ1n) is 7.22. The standard InChI is InChI=1S/C18H15BClNO2/c20-18-13-16(11-12-17(18)19(22)23)21(14-7-3-1-4-8-14)15-9-5-2-6-10-15/h1-13,22-23H. The molecule has 0 fully saturated rings. The molecule has 0 radical (unpaired) electrons. The second-order valence-electron chi connectivity index (χ2n) is 5.09. The number of halogens is 1. The van der Waals surface area contributed by atoms with Crippen LogP contribution < -0.4 is 10.4 Å². The van der Waals surface area contributed by atoms with Crippen LogP contribution in [0.15, 0.2) is 78.9 Å². The smallest absolute Gasteiger partial charge is 0.423 e. The van der Waals surface area contributed by atoms with E-state index in [-0.39, 0.29) is 5.46 Å². The summed E-state index contributed by atoms with van der Waals surface area (Å²) >= 11 is 6.20. The second kappa shape index (κ2) is 6.88. The van der Waals surface area contributed by atoms with Crippen molar-refractivity contribution < 1.29 is 10.0 Å². The van der Waals surface area contributed by atoms with E-state index in [0.29, 0.717) is 5.02 Å². The Morgan fingerprint density at radius 1 is 0.696 bits per heavy atom. The van der Waals surface area contributed by atoms with Crippen molar-refractivity contribution in [2.75, 3.05) is 4.90 Å². The first-order chi connectivity index (χ1) is 11.2. The lowest BCUT2D eigenvalue weighted by molar-refractivity contribution is 0.426. The molecule has 3 rings (SSSR count). The van der Waals surface area contributed by atoms with E-state index in [1.807, 2.05) is 66.7 Å². The number of hydrogen-bond donors (Lipinski definition) is 2. The maximum atomic E-state index is 9.33. The van der Waals surface area contributed by atoms with E-state index in [2.05, 4.69) is 4.90 Å². The highest BCUT2D eigenvalue weighted by atomic mass is 35.5. The van der Waals surface area contributed by atoms with E-state index < -0.39 is 7.12 Å². The Labute approximate surface area is 140 Å². The van der Waals surface area contributed by atoms with Gasteiger partial charge in [-0.05, 0) is 36.4 Å². The average molecular weight is 324 g/mol. The van der Waals surface area contributed by atoms with Crippen LogP contribution in [0.4, 0.5) is 17.1 Å². The van der Waals surface area contributed by atoms with Gasteiger partial charge in [-0.1, -0.05) is 54.1 Å². The summed E-state index contributed by atoms with van der Waals surface area (Å²) in [7, 11) is -1.58. The highest BCUT2D eigenvalue weighted by Gasteiger charge is 2.18. The summed E-state index contributed by atoms with van der Waals surface area (Å²) in [6.45, 7) is 0. The maximum absolute atomic E-state index is 9.33. The molecule has 3 aromatic rings. The van der Waals surface area contributed by atoms with Gasteiger partial charge in [0.2, 0.25) is 0 Å². The lowest BCUT2D eigenvalue weighted by Gasteiger charge is -2.25. The number of benzene rings is 3. The van der Waals surface area contributed by atoms with Crippen LogP contribution in [0.5, 0.6) is 0 Å². The molecule has 0 saturated carbocycles. The highest BCUT2D eigenvalue weighted by Crippen LogP contribution is 2.34. The quantitative estimate of drug-likeness (QED) is 0.722. The topological polar surface area (TPSA) is 43.7 Å². The Morgan fingerprint density at radius 3 is 1.65 bits per heavy atom. The molecular weight excluding hydrogens is 308 g/mol. The SMILES string of the molecule is OB(O)c1ccc(N(c2ccccc2)c2ccccc2)cc1Cl. The number of anilines is 3. The first-order valence-corrected chi connectivity index (χ1v) is 7.60. The van der Waals surface area contributed by atoms with Crippen LogP contribution >= 0.6 is 11.6 Å². The zero-order valence-corrected chi connectivity index (χ0v) is 13.1. The van der Waals surface area contributed by atoms with Crippen molar-refractivity contribution in [3.63, 3.8) is 0 Å². The minimum atomic E-state index is -1.58. The van der Waals surface area contributed by atoms with Crippen LogP contribution in [-0.4, -0.2) is 17.2 Å². The minimum absolute atomic E-state index is 0.288. The Kier molecular flexibility index (Phi) is 4.67. The molecule has 0 heterocycles. The molecule has 0 aliphatic carbocycles. The van der Waals surface area contributed by atoms with Gasteiger partial charge in [0.25, 0.3) is 0 Å². The van der Waals surface area contributed by atoms with E-state index in [1.54, 1.807) is 12.1 Å². The fourth-order valence-electron chi connectivity index (χ4n) is 2.47. The van der Waals surface area contributed by atoms with Crippen molar-refractivity contribution in [2.45, 2.75) is 0 Å². The lowest BCUT2D eigenvalue weighted by atomic mass is 9.80. The second-order valence-corrected chi connectivity index (χ2v) is 5.49. The number of nitrogens with zero attached hydrogens (tertiary/aromatic N) is 1. The molecule has 0 atom stereocenters. The number of para-hydroxylation sites is 2. The van der Waals surface area contributed by atoms with Gasteiger partial charge in [0, 0.05) is 27.5 Å². The molecule has 0 unspecified atom stereocenters. The highest BCUT2D eigenvalue weighted by molar-refractivity contribution is 6.62. The fraction of sp³-hybridized carbons (Fsp3) is 0. The summed E-state index contributed by atoms with van der Waals surface area (Å²) < 4.78 is 0. The third kappa shape index (κ3) is 3.40. The van der Waals surface area contributed by atoms with Crippen molar-refractivity contribution in [1.82, 2.24) is 0 Å². The fourth-order valence-corrected chi connectivity index (χ4v) is 2.74. The maximum Gasteiger partial charge on any atom is 0.489 e. The average Bonchev–Trinajstić information content (AvgIpc) is 2.57. The van der Waals surface area contributed by atoms with Crippen molar-refractivity contribution in [1.29, 1.82) is 0 Å². The molecule has 0 spiro atoms. The van der Waals surface area contributed by atoms with Crippen molar-refractivity contribution in [3.8, 4) is 0 Å². The predicted octanol–water partition coefficient (Wildman–Crippen LogP) is 3.49. The van der Waals surface area contributed by atoms with E-state index in [9.17, 15) is 10.0 Å². The molecule has 0 aliphatic heterocycles. The first kappa shape index (κ1) is 15.6. The van der Waals surface area contributed by atoms with Crippen LogP contribution in [-0.2, 0) is 0 Å². The van der Waals surface area contributed by atoms with Crippen molar-refractivity contribution in [2.24, 2.45) is 0 Å². The van der Waals surface area contributed by atoms with Gasteiger partial charge in [-0.15, -0.1) is 0 Å². The third-order valence-electron chi connectivity index (χ3n) is 3.55. The van der Waals surface area contributed by atoms with Gasteiger partial charge < -0.3 is 14.9 Å². The van der Waals surface area contributed by atoms with Gasteiger partial charge in [-0.3, -0.25) is 0 Å². The van der Waals surface area contributed by atoms with Crippen LogP contribution in [0.3, 0.4) is 0 Å². The van der Waals surface area contributed by atoms with E-state index >= 15 is 0 Å². The molecule has 0 aliphatic rings. The Balaban J connectivity index is 2.11. The minimum Gasteiger partial charge on any atom is -0.423 e. The molecule has 114 valence electrons. The van der Waals surface area contributed by atoms with Gasteiger partial charge in [0.05, 0.1) is 0 Å². The molecule has 0 amide bonds. The van der Waals surface area contributed by atoms with Gasteiger partial charge in [-0.2, -0.15) is 0 Å².